The molecule has 0 rings (SSSR count). The van der Waals surface area contributed by atoms with E-state index >= 15 is 0 Å². The minimum atomic E-state index is -4.96. The molecule has 0 aromatic rings. The van der Waals surface area contributed by atoms with Crippen molar-refractivity contribution in [1.29, 1.82) is 0 Å². The highest BCUT2D eigenvalue weighted by atomic mass is 31.2. The molecule has 0 aromatic heterocycles. The van der Waals surface area contributed by atoms with Crippen molar-refractivity contribution in [2.24, 2.45) is 23.7 Å². The molecule has 7 atom stereocenters. The topological polar surface area (TPSA) is 237 Å². The number of aliphatic hydroxyl groups is 1. The third kappa shape index (κ3) is 69.5. The van der Waals surface area contributed by atoms with E-state index in [9.17, 15) is 43.2 Å². The molecule has 0 radical (unpaired) electrons. The first-order valence-electron chi connectivity index (χ1n) is 40.3. The number of esters is 4. The standard InChI is InChI=1S/C78H152O17P2/c1-9-70(7)56-48-40-32-26-22-17-15-13-11-12-14-16-18-23-27-33-44-52-60-77(82)94-73(64-88-75(80)58-50-42-35-29-31-39-47-55-69(5)6)66-92-96(84,85)90-62-72(79)63-91-97(86,87)93-67-74(65-89-76(81)59-51-43-37-36-41-49-57-71(8)10-2)95-78(83)61-53-45-34-28-24-20-19-21-25-30-38-46-54-68(3)4/h68-74,79H,9-67H2,1-8H3,(H,84,85)(H,86,87)/t70?,71?,72?,73-,74-/m1/s1. The monoisotopic (exact) mass is 1420 g/mol. The molecule has 97 heavy (non-hydrogen) atoms. The molecule has 0 amide bonds. The highest BCUT2D eigenvalue weighted by Crippen LogP contribution is 2.45. The van der Waals surface area contributed by atoms with Crippen LogP contribution in [-0.2, 0) is 65.4 Å². The molecule has 0 saturated carbocycles. The lowest BCUT2D eigenvalue weighted by Gasteiger charge is -2.21. The van der Waals surface area contributed by atoms with Crippen LogP contribution < -0.4 is 0 Å². The maximum Gasteiger partial charge on any atom is 0.472 e. The third-order valence-electron chi connectivity index (χ3n) is 18.8. The Bertz CT molecular complexity index is 1910. The van der Waals surface area contributed by atoms with Crippen LogP contribution >= 0.6 is 15.6 Å². The maximum absolute atomic E-state index is 13.1. The van der Waals surface area contributed by atoms with Crippen LogP contribution in [0.4, 0.5) is 0 Å². The van der Waals surface area contributed by atoms with Crippen LogP contribution in [0.1, 0.15) is 396 Å². The van der Waals surface area contributed by atoms with E-state index in [1.807, 2.05) is 0 Å². The van der Waals surface area contributed by atoms with Gasteiger partial charge in [0.25, 0.3) is 0 Å². The zero-order valence-electron chi connectivity index (χ0n) is 63.7. The Morgan fingerprint density at radius 3 is 0.732 bits per heavy atom. The molecule has 0 spiro atoms. The number of phosphoric acid groups is 2. The minimum Gasteiger partial charge on any atom is -0.462 e. The molecule has 5 unspecified atom stereocenters. The predicted molar refractivity (Wildman–Crippen MR) is 395 cm³/mol. The molecule has 0 aromatic carbocycles. The molecule has 0 aliphatic rings. The van der Waals surface area contributed by atoms with Crippen LogP contribution in [0.25, 0.3) is 0 Å². The quantitative estimate of drug-likeness (QED) is 0.0222. The van der Waals surface area contributed by atoms with Gasteiger partial charge in [0.05, 0.1) is 26.4 Å². The Balaban J connectivity index is 5.17. The van der Waals surface area contributed by atoms with Gasteiger partial charge in [-0.05, 0) is 49.4 Å². The number of phosphoric ester groups is 2. The minimum absolute atomic E-state index is 0.106. The van der Waals surface area contributed by atoms with E-state index in [-0.39, 0.29) is 25.7 Å². The Labute approximate surface area is 594 Å². The first-order valence-corrected chi connectivity index (χ1v) is 43.3. The van der Waals surface area contributed by atoms with Crippen LogP contribution in [0.5, 0.6) is 0 Å². The summed E-state index contributed by atoms with van der Waals surface area (Å²) in [6.07, 6.45) is 52.9. The largest absolute Gasteiger partial charge is 0.472 e. The van der Waals surface area contributed by atoms with Crippen molar-refractivity contribution >= 4 is 39.5 Å². The van der Waals surface area contributed by atoms with Crippen molar-refractivity contribution in [1.82, 2.24) is 0 Å². The zero-order valence-corrected chi connectivity index (χ0v) is 65.5. The second-order valence-electron chi connectivity index (χ2n) is 29.5. The van der Waals surface area contributed by atoms with Gasteiger partial charge < -0.3 is 33.8 Å². The van der Waals surface area contributed by atoms with Crippen LogP contribution in [-0.4, -0.2) is 96.7 Å². The Kier molecular flexibility index (Phi) is 65.9. The molecule has 0 fully saturated rings. The first-order chi connectivity index (χ1) is 46.7. The predicted octanol–water partition coefficient (Wildman–Crippen LogP) is 22.8. The SMILES string of the molecule is CCC(C)CCCCCCCCCCCCCCCCCCCCC(=O)O[C@H](COC(=O)CCCCCCCCCC(C)C)COP(=O)(O)OCC(O)COP(=O)(O)OC[C@@H](COC(=O)CCCCCCCCC(C)CC)OC(=O)CCCCCCCCCCCCCCC(C)C. The van der Waals surface area contributed by atoms with Crippen molar-refractivity contribution < 1.29 is 80.2 Å². The van der Waals surface area contributed by atoms with E-state index in [2.05, 4.69) is 55.4 Å². The molecular formula is C78H152O17P2. The molecule has 17 nitrogen and oxygen atoms in total. The second-order valence-corrected chi connectivity index (χ2v) is 32.4. The molecule has 0 bridgehead atoms. The van der Waals surface area contributed by atoms with Gasteiger partial charge in [0, 0.05) is 25.7 Å². The fraction of sp³-hybridized carbons (Fsp3) is 0.949. The summed E-state index contributed by atoms with van der Waals surface area (Å²) in [6.45, 7) is 14.2. The van der Waals surface area contributed by atoms with Gasteiger partial charge in [-0.25, -0.2) is 9.13 Å². The number of unbranched alkanes of at least 4 members (excludes halogenated alkanes) is 39. The van der Waals surface area contributed by atoms with E-state index in [0.29, 0.717) is 31.6 Å². The van der Waals surface area contributed by atoms with Gasteiger partial charge in [-0.15, -0.1) is 0 Å². The van der Waals surface area contributed by atoms with Crippen LogP contribution in [0.2, 0.25) is 0 Å². The number of rotatable bonds is 75. The Morgan fingerprint density at radius 2 is 0.495 bits per heavy atom. The summed E-state index contributed by atoms with van der Waals surface area (Å²) in [5.41, 5.74) is 0. The average molecular weight is 1420 g/mol. The normalized spacial score (nSPS) is 14.6. The molecule has 19 heteroatoms. The summed E-state index contributed by atoms with van der Waals surface area (Å²) in [5.74, 6) is 0.962. The van der Waals surface area contributed by atoms with Gasteiger partial charge in [0.2, 0.25) is 0 Å². The lowest BCUT2D eigenvalue weighted by Crippen LogP contribution is -2.30. The zero-order chi connectivity index (χ0) is 71.7. The molecule has 0 aliphatic carbocycles. The summed E-state index contributed by atoms with van der Waals surface area (Å²) >= 11 is 0. The second kappa shape index (κ2) is 67.2. The van der Waals surface area contributed by atoms with E-state index < -0.39 is 97.5 Å². The fourth-order valence-corrected chi connectivity index (χ4v) is 13.4. The van der Waals surface area contributed by atoms with Gasteiger partial charge in [-0.2, -0.15) is 0 Å². The molecule has 0 aliphatic heterocycles. The van der Waals surface area contributed by atoms with E-state index in [1.165, 1.54) is 186 Å². The van der Waals surface area contributed by atoms with E-state index in [4.69, 9.17) is 37.0 Å². The Hall–Kier alpha value is -1.94. The summed E-state index contributed by atoms with van der Waals surface area (Å²) in [4.78, 5) is 72.8. The van der Waals surface area contributed by atoms with Crippen molar-refractivity contribution in [2.75, 3.05) is 39.6 Å². The third-order valence-corrected chi connectivity index (χ3v) is 20.7. The molecular weight excluding hydrogens is 1270 g/mol. The Morgan fingerprint density at radius 1 is 0.289 bits per heavy atom. The van der Waals surface area contributed by atoms with E-state index in [1.54, 1.807) is 0 Å². The van der Waals surface area contributed by atoms with Crippen molar-refractivity contribution in [3.05, 3.63) is 0 Å². The van der Waals surface area contributed by atoms with E-state index in [0.717, 1.165) is 120 Å². The van der Waals surface area contributed by atoms with Crippen molar-refractivity contribution in [2.45, 2.75) is 414 Å². The summed E-state index contributed by atoms with van der Waals surface area (Å²) in [5, 5.41) is 10.6. The molecule has 3 N–H and O–H groups in total. The summed E-state index contributed by atoms with van der Waals surface area (Å²) in [6, 6.07) is 0. The number of carbonyl (C=O) groups is 4. The lowest BCUT2D eigenvalue weighted by molar-refractivity contribution is -0.161. The molecule has 576 valence electrons. The highest BCUT2D eigenvalue weighted by molar-refractivity contribution is 7.47. The molecule has 0 saturated heterocycles. The van der Waals surface area contributed by atoms with Crippen LogP contribution in [0, 0.1) is 23.7 Å². The smallest absolute Gasteiger partial charge is 0.462 e. The van der Waals surface area contributed by atoms with Crippen molar-refractivity contribution in [3.63, 3.8) is 0 Å². The number of hydrogen-bond acceptors (Lipinski definition) is 15. The van der Waals surface area contributed by atoms with Gasteiger partial charge >= 0.3 is 39.5 Å². The summed E-state index contributed by atoms with van der Waals surface area (Å²) in [7, 11) is -9.91. The van der Waals surface area contributed by atoms with Gasteiger partial charge in [0.1, 0.15) is 19.3 Å². The van der Waals surface area contributed by atoms with Gasteiger partial charge in [-0.1, -0.05) is 344 Å². The number of aliphatic hydroxyl groups excluding tert-OH is 1. The maximum atomic E-state index is 13.1. The first kappa shape index (κ1) is 95.1. The number of hydrogen-bond donors (Lipinski definition) is 3. The summed E-state index contributed by atoms with van der Waals surface area (Å²) < 4.78 is 68.5. The van der Waals surface area contributed by atoms with Crippen LogP contribution in [0.15, 0.2) is 0 Å². The average Bonchev–Trinajstić information content (AvgIpc) is 1.20. The fourth-order valence-electron chi connectivity index (χ4n) is 11.8. The van der Waals surface area contributed by atoms with Gasteiger partial charge in [-0.3, -0.25) is 37.3 Å². The van der Waals surface area contributed by atoms with Crippen LogP contribution in [0.3, 0.4) is 0 Å². The van der Waals surface area contributed by atoms with Crippen molar-refractivity contribution in [3.8, 4) is 0 Å². The highest BCUT2D eigenvalue weighted by Gasteiger charge is 2.30. The lowest BCUT2D eigenvalue weighted by atomic mass is 9.99. The molecule has 0 heterocycles. The number of ether oxygens (including phenoxy) is 4. The van der Waals surface area contributed by atoms with Gasteiger partial charge in [0.15, 0.2) is 12.2 Å². The number of carbonyl (C=O) groups excluding carboxylic acids is 4.